The van der Waals surface area contributed by atoms with Gasteiger partial charge in [-0.3, -0.25) is 4.79 Å². The summed E-state index contributed by atoms with van der Waals surface area (Å²) < 4.78 is 3.84. The molecule has 0 bridgehead atoms. The highest BCUT2D eigenvalue weighted by molar-refractivity contribution is 9.11. The van der Waals surface area contributed by atoms with Crippen molar-refractivity contribution in [3.8, 4) is 11.4 Å². The first kappa shape index (κ1) is 20.4. The van der Waals surface area contributed by atoms with Crippen LogP contribution < -0.4 is 11.2 Å². The minimum atomic E-state index is -0.177. The lowest BCUT2D eigenvalue weighted by Crippen LogP contribution is -2.17. The van der Waals surface area contributed by atoms with Crippen LogP contribution in [-0.2, 0) is 4.79 Å². The topological polar surface area (TPSA) is 85.8 Å². The minimum Gasteiger partial charge on any atom is -0.335 e. The van der Waals surface area contributed by atoms with Gasteiger partial charge in [-0.2, -0.15) is 0 Å². The Kier molecular flexibility index (Phi) is 6.61. The molecule has 0 spiro atoms. The van der Waals surface area contributed by atoms with Crippen LogP contribution in [0.15, 0.2) is 55.0 Å². The number of aromatic nitrogens is 3. The van der Waals surface area contributed by atoms with Crippen LogP contribution in [0.2, 0.25) is 0 Å². The van der Waals surface area contributed by atoms with Gasteiger partial charge in [-0.25, -0.2) is 4.68 Å². The van der Waals surface area contributed by atoms with Crippen molar-refractivity contribution in [2.75, 3.05) is 16.9 Å². The van der Waals surface area contributed by atoms with Gasteiger partial charge in [-0.05, 0) is 56.5 Å². The summed E-state index contributed by atoms with van der Waals surface area (Å²) in [7, 11) is 0. The van der Waals surface area contributed by atoms with Crippen molar-refractivity contribution >= 4 is 71.1 Å². The average Bonchev–Trinajstić information content (AvgIpc) is 2.97. The Hall–Kier alpha value is -1.36. The monoisotopic (exact) mass is 573 g/mol. The number of carbonyl (C=O) groups is 1. The summed E-state index contributed by atoms with van der Waals surface area (Å²) in [6.07, 6.45) is 0. The summed E-state index contributed by atoms with van der Waals surface area (Å²) in [6.45, 7) is 1.98. The first-order valence-corrected chi connectivity index (χ1v) is 11.1. The van der Waals surface area contributed by atoms with E-state index in [1.165, 1.54) is 16.4 Å². The van der Waals surface area contributed by atoms with E-state index in [0.29, 0.717) is 16.7 Å². The molecule has 0 aliphatic heterocycles. The number of hydrogen-bond donors (Lipinski definition) is 2. The van der Waals surface area contributed by atoms with Crippen molar-refractivity contribution in [2.45, 2.75) is 12.1 Å². The molecule has 0 radical (unpaired) electrons. The Morgan fingerprint density at radius 3 is 2.52 bits per heavy atom. The predicted molar refractivity (Wildman–Crippen MR) is 119 cm³/mol. The summed E-state index contributed by atoms with van der Waals surface area (Å²) in [4.78, 5) is 12.3. The third-order valence-electron chi connectivity index (χ3n) is 3.65. The number of anilines is 1. The summed E-state index contributed by atoms with van der Waals surface area (Å²) in [5.74, 6) is 6.67. The highest BCUT2D eigenvalue weighted by atomic mass is 79.9. The summed E-state index contributed by atoms with van der Waals surface area (Å²) in [5.41, 5.74) is 2.63. The quantitative estimate of drug-likeness (QED) is 0.331. The fraction of sp³-hybridized carbons (Fsp3) is 0.118. The van der Waals surface area contributed by atoms with Crippen LogP contribution in [-0.4, -0.2) is 26.5 Å². The van der Waals surface area contributed by atoms with Crippen LogP contribution in [0.25, 0.3) is 11.4 Å². The molecule has 3 aromatic rings. The van der Waals surface area contributed by atoms with Gasteiger partial charge in [0.15, 0.2) is 5.82 Å². The van der Waals surface area contributed by atoms with Crippen LogP contribution in [0.4, 0.5) is 5.69 Å². The molecule has 27 heavy (non-hydrogen) atoms. The number of thioether (sulfide) groups is 1. The summed E-state index contributed by atoms with van der Waals surface area (Å²) in [5, 5.41) is 11.6. The molecule has 0 saturated heterocycles. The SMILES string of the molecule is Cc1ccccc1-c1nnc(SCC(=O)Nc2c(Br)cc(Br)cc2Br)n1N. The number of nitrogens with two attached hydrogens (primary N) is 1. The zero-order chi connectivity index (χ0) is 19.6. The van der Waals surface area contributed by atoms with Gasteiger partial charge in [0.05, 0.1) is 11.4 Å². The van der Waals surface area contributed by atoms with E-state index in [-0.39, 0.29) is 11.7 Å². The van der Waals surface area contributed by atoms with E-state index in [9.17, 15) is 4.79 Å². The van der Waals surface area contributed by atoms with Crippen molar-refractivity contribution in [3.63, 3.8) is 0 Å². The van der Waals surface area contributed by atoms with E-state index in [0.717, 1.165) is 24.5 Å². The van der Waals surface area contributed by atoms with Gasteiger partial charge < -0.3 is 11.2 Å². The lowest BCUT2D eigenvalue weighted by Gasteiger charge is -2.10. The van der Waals surface area contributed by atoms with Gasteiger partial charge in [0.25, 0.3) is 0 Å². The van der Waals surface area contributed by atoms with Crippen molar-refractivity contribution in [2.24, 2.45) is 0 Å². The van der Waals surface area contributed by atoms with Crippen LogP contribution >= 0.6 is 59.6 Å². The first-order chi connectivity index (χ1) is 12.9. The molecular formula is C17H14Br3N5OS. The zero-order valence-electron chi connectivity index (χ0n) is 14.0. The molecule has 1 amide bonds. The molecular weight excluding hydrogens is 562 g/mol. The third kappa shape index (κ3) is 4.74. The number of aryl methyl sites for hydroxylation is 1. The van der Waals surface area contributed by atoms with Crippen molar-refractivity contribution < 1.29 is 4.79 Å². The Morgan fingerprint density at radius 2 is 1.85 bits per heavy atom. The third-order valence-corrected chi connectivity index (χ3v) is 6.31. The molecule has 10 heteroatoms. The van der Waals surface area contributed by atoms with Crippen LogP contribution in [0.5, 0.6) is 0 Å². The zero-order valence-corrected chi connectivity index (χ0v) is 19.6. The molecule has 1 heterocycles. The number of nitrogen functional groups attached to an aromatic ring is 1. The number of amides is 1. The standard InChI is InChI=1S/C17H14Br3N5OS/c1-9-4-2-3-5-11(9)16-23-24-17(25(16)21)27-8-14(26)22-15-12(19)6-10(18)7-13(15)20/h2-7H,8,21H2,1H3,(H,22,26). The molecule has 0 fully saturated rings. The van der Waals surface area contributed by atoms with Crippen LogP contribution in [0.1, 0.15) is 5.56 Å². The van der Waals surface area contributed by atoms with Gasteiger partial charge in [0, 0.05) is 19.0 Å². The van der Waals surface area contributed by atoms with Gasteiger partial charge in [-0.1, -0.05) is 52.0 Å². The largest absolute Gasteiger partial charge is 0.335 e. The molecule has 3 rings (SSSR count). The molecule has 0 unspecified atom stereocenters. The van der Waals surface area contributed by atoms with E-state index < -0.39 is 0 Å². The number of hydrogen-bond acceptors (Lipinski definition) is 5. The van der Waals surface area contributed by atoms with E-state index in [1.807, 2.05) is 43.3 Å². The Balaban J connectivity index is 1.69. The van der Waals surface area contributed by atoms with Crippen molar-refractivity contribution in [3.05, 3.63) is 55.4 Å². The maximum atomic E-state index is 12.3. The maximum absolute atomic E-state index is 12.3. The molecule has 0 atom stereocenters. The second-order valence-corrected chi connectivity index (χ2v) is 9.14. The van der Waals surface area contributed by atoms with E-state index in [4.69, 9.17) is 5.84 Å². The Labute approximate surface area is 185 Å². The highest BCUT2D eigenvalue weighted by Gasteiger charge is 2.16. The lowest BCUT2D eigenvalue weighted by atomic mass is 10.1. The number of rotatable bonds is 5. The summed E-state index contributed by atoms with van der Waals surface area (Å²) in [6, 6.07) is 11.5. The molecule has 0 aliphatic carbocycles. The molecule has 140 valence electrons. The smallest absolute Gasteiger partial charge is 0.234 e. The second-order valence-electron chi connectivity index (χ2n) is 5.57. The van der Waals surface area contributed by atoms with Gasteiger partial charge >= 0.3 is 0 Å². The molecule has 2 aromatic carbocycles. The van der Waals surface area contributed by atoms with Gasteiger partial charge in [0.1, 0.15) is 0 Å². The van der Waals surface area contributed by atoms with E-state index in [2.05, 4.69) is 63.3 Å². The number of nitrogens with zero attached hydrogens (tertiary/aromatic N) is 3. The fourth-order valence-corrected chi connectivity index (χ4v) is 5.46. The van der Waals surface area contributed by atoms with Crippen molar-refractivity contribution in [1.82, 2.24) is 14.9 Å². The van der Waals surface area contributed by atoms with Gasteiger partial charge in [-0.15, -0.1) is 10.2 Å². The molecule has 6 nitrogen and oxygen atoms in total. The molecule has 1 aromatic heterocycles. The average molecular weight is 576 g/mol. The fourth-order valence-electron chi connectivity index (χ4n) is 2.35. The van der Waals surface area contributed by atoms with Gasteiger partial charge in [0.2, 0.25) is 11.1 Å². The summed E-state index contributed by atoms with van der Waals surface area (Å²) >= 11 is 11.5. The van der Waals surface area contributed by atoms with Crippen molar-refractivity contribution in [1.29, 1.82) is 0 Å². The van der Waals surface area contributed by atoms with E-state index >= 15 is 0 Å². The minimum absolute atomic E-state index is 0.151. The second kappa shape index (κ2) is 8.76. The van der Waals surface area contributed by atoms with Crippen LogP contribution in [0, 0.1) is 6.92 Å². The molecule has 3 N–H and O–H groups in total. The number of nitrogens with one attached hydrogen (secondary N) is 1. The number of halogens is 3. The van der Waals surface area contributed by atoms with E-state index in [1.54, 1.807) is 0 Å². The predicted octanol–water partition coefficient (Wildman–Crippen LogP) is 4.99. The maximum Gasteiger partial charge on any atom is 0.234 e. The Bertz CT molecular complexity index is 985. The first-order valence-electron chi connectivity index (χ1n) is 7.70. The Morgan fingerprint density at radius 1 is 1.19 bits per heavy atom. The number of benzene rings is 2. The molecule has 0 aliphatic rings. The van der Waals surface area contributed by atoms with Crippen LogP contribution in [0.3, 0.4) is 0 Å². The highest BCUT2D eigenvalue weighted by Crippen LogP contribution is 2.34. The number of carbonyl (C=O) groups excluding carboxylic acids is 1. The lowest BCUT2D eigenvalue weighted by molar-refractivity contribution is -0.113. The molecule has 0 saturated carbocycles. The normalized spacial score (nSPS) is 10.8.